The summed E-state index contributed by atoms with van der Waals surface area (Å²) in [7, 11) is 0. The van der Waals surface area contributed by atoms with Crippen molar-refractivity contribution in [3.8, 4) is 0 Å². The summed E-state index contributed by atoms with van der Waals surface area (Å²) >= 11 is 0. The average Bonchev–Trinajstić information content (AvgIpc) is 1.88. The number of aliphatic hydroxyl groups excluding tert-OH is 2. The van der Waals surface area contributed by atoms with Crippen molar-refractivity contribution >= 4 is 11.9 Å². The van der Waals surface area contributed by atoms with E-state index >= 15 is 0 Å². The van der Waals surface area contributed by atoms with Crippen LogP contribution in [-0.4, -0.2) is 66.5 Å². The van der Waals surface area contributed by atoms with Gasteiger partial charge in [-0.1, -0.05) is 0 Å². The Kier molecular flexibility index (Phi) is 63.6. The van der Waals surface area contributed by atoms with Gasteiger partial charge in [-0.25, -0.2) is 9.59 Å². The van der Waals surface area contributed by atoms with Crippen LogP contribution in [-0.2, 0) is 26.1 Å². The summed E-state index contributed by atoms with van der Waals surface area (Å²) in [6.45, 7) is 2.39. The van der Waals surface area contributed by atoms with Crippen LogP contribution in [0.25, 0.3) is 0 Å². The second kappa shape index (κ2) is 24.4. The number of hydrogen-bond donors (Lipinski definition) is 4. The Hall–Kier alpha value is -0.806. The third kappa shape index (κ3) is 51.1. The van der Waals surface area contributed by atoms with Crippen molar-refractivity contribution in [3.05, 3.63) is 0 Å². The van der Waals surface area contributed by atoms with Gasteiger partial charge in [-0.15, -0.1) is 0 Å². The summed E-state index contributed by atoms with van der Waals surface area (Å²) < 4.78 is 0. The summed E-state index contributed by atoms with van der Waals surface area (Å²) in [4.78, 5) is 18.9. The maximum Gasteiger partial charge on any atom is 0.332 e. The molecule has 11 heteroatoms. The molecule has 0 unspecified atom stereocenters. The fourth-order valence-electron chi connectivity index (χ4n) is 0. The summed E-state index contributed by atoms with van der Waals surface area (Å²) in [6, 6.07) is 0. The van der Waals surface area contributed by atoms with Crippen molar-refractivity contribution in [1.29, 1.82) is 0 Å². The van der Waals surface area contributed by atoms with Gasteiger partial charge in [-0.05, 0) is 13.8 Å². The first-order valence-electron chi connectivity index (χ1n) is 3.10. The molecule has 0 spiro atoms. The number of hydrogen-bond acceptors (Lipinski definition) is 4. The van der Waals surface area contributed by atoms with Crippen LogP contribution < -0.4 is 0 Å². The molecule has 0 radical (unpaired) electrons. The molecule has 0 aliphatic heterocycles. The van der Waals surface area contributed by atoms with Crippen LogP contribution in [0.15, 0.2) is 0 Å². The molecule has 0 aromatic carbocycles. The predicted octanol–water partition coefficient (Wildman–Crippen LogP) is -4.40. The van der Waals surface area contributed by atoms with E-state index in [1.165, 1.54) is 13.8 Å². The summed E-state index contributed by atoms with van der Waals surface area (Å²) in [6.07, 6.45) is -2.46. The molecule has 0 aliphatic rings. The summed E-state index contributed by atoms with van der Waals surface area (Å²) in [5, 5.41) is 31.5. The first-order valence-corrected chi connectivity index (χ1v) is 3.10. The molecule has 0 aromatic heterocycles. The van der Waals surface area contributed by atoms with Crippen LogP contribution in [0, 0.1) is 0 Å². The van der Waals surface area contributed by atoms with Crippen molar-refractivity contribution in [3.63, 3.8) is 0 Å². The number of aliphatic carboxylic acids is 2. The second-order valence-electron chi connectivity index (χ2n) is 2.03. The van der Waals surface area contributed by atoms with Crippen molar-refractivity contribution < 1.29 is 68.4 Å². The molecule has 0 saturated heterocycles. The van der Waals surface area contributed by atoms with Crippen molar-refractivity contribution in [2.24, 2.45) is 0 Å². The first kappa shape index (κ1) is 44.2. The maximum absolute atomic E-state index is 9.45. The van der Waals surface area contributed by atoms with Gasteiger partial charge < -0.3 is 42.3 Å². The Morgan fingerprint density at radius 2 is 0.824 bits per heavy atom. The molecule has 0 bridgehead atoms. The van der Waals surface area contributed by atoms with Gasteiger partial charge >= 0.3 is 11.9 Å². The van der Waals surface area contributed by atoms with Gasteiger partial charge in [0.2, 0.25) is 0 Å². The van der Waals surface area contributed by atoms with E-state index in [4.69, 9.17) is 20.4 Å². The van der Waals surface area contributed by atoms with Gasteiger partial charge in [0.15, 0.2) is 0 Å². The molecule has 0 aromatic rings. The van der Waals surface area contributed by atoms with Crippen LogP contribution >= 0.6 is 0 Å². The summed E-state index contributed by atoms with van der Waals surface area (Å²) in [5.41, 5.74) is 0. The monoisotopic (exact) mass is 310 g/mol. The molecule has 17 heavy (non-hydrogen) atoms. The van der Waals surface area contributed by atoms with E-state index in [-0.39, 0.29) is 38.4 Å². The predicted molar refractivity (Wildman–Crippen MR) is 53.1 cm³/mol. The zero-order valence-corrected chi connectivity index (χ0v) is 10.1. The fraction of sp³-hybridized carbons (Fsp3) is 0.667. The normalized spacial score (nSPS) is 9.65. The zero-order chi connectivity index (χ0) is 10.3. The van der Waals surface area contributed by atoms with Crippen molar-refractivity contribution in [2.75, 3.05) is 0 Å². The molecule has 10 nitrogen and oxygen atoms in total. The van der Waals surface area contributed by atoms with Gasteiger partial charge in [-0.3, -0.25) is 0 Å². The Morgan fingerprint density at radius 3 is 0.824 bits per heavy atom. The van der Waals surface area contributed by atoms with Gasteiger partial charge in [-0.2, -0.15) is 0 Å². The van der Waals surface area contributed by atoms with Gasteiger partial charge in [0, 0.05) is 16.5 Å². The molecule has 12 N–H and O–H groups in total. The van der Waals surface area contributed by atoms with E-state index in [0.29, 0.717) is 0 Å². The molecule has 0 amide bonds. The quantitative estimate of drug-likeness (QED) is 0.366. The van der Waals surface area contributed by atoms with E-state index in [1.807, 2.05) is 0 Å². The third-order valence-corrected chi connectivity index (χ3v) is 0.715. The van der Waals surface area contributed by atoms with Gasteiger partial charge in [0.25, 0.3) is 0 Å². The number of carboxylic acids is 2. The number of rotatable bonds is 2. The smallest absolute Gasteiger partial charge is 0.332 e. The van der Waals surface area contributed by atoms with E-state index in [0.717, 1.165) is 0 Å². The van der Waals surface area contributed by atoms with Gasteiger partial charge in [0.1, 0.15) is 12.2 Å². The minimum absolute atomic E-state index is 0. The fourth-order valence-corrected chi connectivity index (χ4v) is 0. The number of aliphatic hydroxyl groups is 2. The largest absolute Gasteiger partial charge is 0.479 e. The Balaban J connectivity index is -0.0000000182. The van der Waals surface area contributed by atoms with E-state index < -0.39 is 24.1 Å². The molecule has 0 saturated carbocycles. The number of carboxylic acid groups (broad SMARTS) is 2. The van der Waals surface area contributed by atoms with Crippen LogP contribution in [0.5, 0.6) is 0 Å². The Bertz CT molecular complexity index is 141. The van der Waals surface area contributed by atoms with Crippen LogP contribution in [0.3, 0.4) is 0 Å². The van der Waals surface area contributed by atoms with Crippen molar-refractivity contribution in [2.45, 2.75) is 26.1 Å². The average molecular weight is 311 g/mol. The molecule has 0 rings (SSSR count). The topological polar surface area (TPSA) is 241 Å². The van der Waals surface area contributed by atoms with Crippen LogP contribution in [0.1, 0.15) is 13.8 Å². The molecule has 0 fully saturated rings. The minimum Gasteiger partial charge on any atom is -0.479 e. The van der Waals surface area contributed by atoms with E-state index in [1.54, 1.807) is 0 Å². The molecular weight excluding hydrogens is 291 g/mol. The SMILES string of the molecule is C[C@H](O)C(=O)O.C[C@H](O)C(=O)O.O.O.O.O.[Ni]. The van der Waals surface area contributed by atoms with E-state index in [2.05, 4.69) is 0 Å². The molecule has 114 valence electrons. The van der Waals surface area contributed by atoms with Crippen molar-refractivity contribution in [1.82, 2.24) is 0 Å². The third-order valence-electron chi connectivity index (χ3n) is 0.715. The summed E-state index contributed by atoms with van der Waals surface area (Å²) in [5.74, 6) is -2.37. The maximum atomic E-state index is 9.45. The van der Waals surface area contributed by atoms with Crippen LogP contribution in [0.2, 0.25) is 0 Å². The van der Waals surface area contributed by atoms with E-state index in [9.17, 15) is 9.59 Å². The Labute approximate surface area is 107 Å². The molecule has 2 atom stereocenters. The minimum atomic E-state index is -1.23. The van der Waals surface area contributed by atoms with Gasteiger partial charge in [0.05, 0.1) is 0 Å². The standard InChI is InChI=1S/2C3H6O3.Ni.4H2O/c2*1-2(4)3(5)6;;;;;/h2*2,4H,1H3,(H,5,6);;4*1H2/t2*2-;;;;;/m00...../s1. The number of carbonyl (C=O) groups is 2. The Morgan fingerprint density at radius 1 is 0.765 bits per heavy atom. The molecule has 0 aliphatic carbocycles. The molecular formula is C6H20NiO10. The molecule has 0 heterocycles. The second-order valence-corrected chi connectivity index (χ2v) is 2.03. The van der Waals surface area contributed by atoms with Crippen LogP contribution in [0.4, 0.5) is 0 Å². The first-order chi connectivity index (χ1) is 5.29. The zero-order valence-electron chi connectivity index (χ0n) is 9.08.